The fourth-order valence-electron chi connectivity index (χ4n) is 2.87. The summed E-state index contributed by atoms with van der Waals surface area (Å²) in [5, 5.41) is 3.48. The lowest BCUT2D eigenvalue weighted by atomic mass is 10.2. The number of nitrogens with zero attached hydrogens (tertiary/aromatic N) is 3. The fraction of sp³-hybridized carbons (Fsp3) is 0.444. The number of oxazole rings is 1. The van der Waals surface area contributed by atoms with Gasteiger partial charge in [0.15, 0.2) is 5.69 Å². The number of aromatic nitrogens is 1. The number of amides is 1. The molecule has 1 aromatic heterocycles. The highest BCUT2D eigenvalue weighted by Crippen LogP contribution is 2.21. The molecule has 1 fully saturated rings. The Bertz CT molecular complexity index is 729. The number of hydrogen-bond acceptors (Lipinski definition) is 6. The van der Waals surface area contributed by atoms with E-state index in [2.05, 4.69) is 26.2 Å². The first-order valence-corrected chi connectivity index (χ1v) is 8.98. The second-order valence-corrected chi connectivity index (χ2v) is 6.55. The Balaban J connectivity index is 1.48. The molecule has 0 bridgehead atoms. The standard InChI is InChI=1S/C18H23ClN4O3/c1-25-10-5-20-18(24)16-13-26-17(21-16)12-22-6-8-23(9-7-22)15-4-2-3-14(19)11-15/h2-4,11,13H,5-10,12H2,1H3,(H,20,24). The van der Waals surface area contributed by atoms with Crippen LogP contribution in [-0.2, 0) is 11.3 Å². The Hall–Kier alpha value is -2.09. The van der Waals surface area contributed by atoms with Crippen LogP contribution in [0.25, 0.3) is 0 Å². The minimum absolute atomic E-state index is 0.247. The third-order valence-electron chi connectivity index (χ3n) is 4.28. The van der Waals surface area contributed by atoms with Crippen LogP contribution in [0.5, 0.6) is 0 Å². The summed E-state index contributed by atoms with van der Waals surface area (Å²) < 4.78 is 10.4. The van der Waals surface area contributed by atoms with Gasteiger partial charge in [-0.1, -0.05) is 17.7 Å². The quantitative estimate of drug-likeness (QED) is 0.743. The highest BCUT2D eigenvalue weighted by molar-refractivity contribution is 6.30. The van der Waals surface area contributed by atoms with Gasteiger partial charge >= 0.3 is 0 Å². The predicted molar refractivity (Wildman–Crippen MR) is 99.7 cm³/mol. The van der Waals surface area contributed by atoms with E-state index < -0.39 is 0 Å². The number of carbonyl (C=O) groups is 1. The Morgan fingerprint density at radius 2 is 2.15 bits per heavy atom. The van der Waals surface area contributed by atoms with Crippen molar-refractivity contribution in [3.05, 3.63) is 47.1 Å². The topological polar surface area (TPSA) is 70.8 Å². The molecule has 0 saturated carbocycles. The van der Waals surface area contributed by atoms with Crippen molar-refractivity contribution < 1.29 is 13.9 Å². The lowest BCUT2D eigenvalue weighted by Crippen LogP contribution is -2.46. The number of hydrogen-bond donors (Lipinski definition) is 1. The summed E-state index contributed by atoms with van der Waals surface area (Å²) in [6.07, 6.45) is 1.40. The largest absolute Gasteiger partial charge is 0.447 e. The third kappa shape index (κ3) is 4.97. The zero-order valence-electron chi connectivity index (χ0n) is 14.8. The van der Waals surface area contributed by atoms with Gasteiger partial charge in [-0.2, -0.15) is 0 Å². The summed E-state index contributed by atoms with van der Waals surface area (Å²) in [6, 6.07) is 7.91. The van der Waals surface area contributed by atoms with Crippen molar-refractivity contribution in [2.75, 3.05) is 51.3 Å². The molecule has 1 amide bonds. The van der Waals surface area contributed by atoms with E-state index in [9.17, 15) is 4.79 Å². The zero-order valence-corrected chi connectivity index (χ0v) is 15.5. The van der Waals surface area contributed by atoms with Gasteiger partial charge in [0.25, 0.3) is 5.91 Å². The number of piperazine rings is 1. The molecule has 8 heteroatoms. The molecule has 1 aromatic carbocycles. The molecule has 1 saturated heterocycles. The summed E-state index contributed by atoms with van der Waals surface area (Å²) in [7, 11) is 1.59. The van der Waals surface area contributed by atoms with Crippen LogP contribution >= 0.6 is 11.6 Å². The lowest BCUT2D eigenvalue weighted by Gasteiger charge is -2.35. The summed E-state index contributed by atoms with van der Waals surface area (Å²) in [4.78, 5) is 20.8. The van der Waals surface area contributed by atoms with Gasteiger partial charge in [0.2, 0.25) is 5.89 Å². The second-order valence-electron chi connectivity index (χ2n) is 6.12. The molecular weight excluding hydrogens is 356 g/mol. The van der Waals surface area contributed by atoms with Crippen LogP contribution in [0, 0.1) is 0 Å². The number of carbonyl (C=O) groups excluding carboxylic acids is 1. The summed E-state index contributed by atoms with van der Waals surface area (Å²) in [5.41, 5.74) is 1.44. The first-order chi connectivity index (χ1) is 12.7. The SMILES string of the molecule is COCCNC(=O)c1coc(CN2CCN(c3cccc(Cl)c3)CC2)n1. The Morgan fingerprint density at radius 1 is 1.35 bits per heavy atom. The van der Waals surface area contributed by atoms with Gasteiger partial charge in [0, 0.05) is 50.5 Å². The molecule has 2 heterocycles. The van der Waals surface area contributed by atoms with Crippen molar-refractivity contribution in [2.24, 2.45) is 0 Å². The van der Waals surface area contributed by atoms with E-state index in [1.54, 1.807) is 7.11 Å². The lowest BCUT2D eigenvalue weighted by molar-refractivity contribution is 0.0932. The van der Waals surface area contributed by atoms with Crippen molar-refractivity contribution >= 4 is 23.2 Å². The van der Waals surface area contributed by atoms with E-state index in [1.165, 1.54) is 6.26 Å². The maximum Gasteiger partial charge on any atom is 0.273 e. The first kappa shape index (κ1) is 18.7. The highest BCUT2D eigenvalue weighted by Gasteiger charge is 2.20. The molecule has 7 nitrogen and oxygen atoms in total. The van der Waals surface area contributed by atoms with Gasteiger partial charge in [-0.25, -0.2) is 4.98 Å². The molecule has 1 N–H and O–H groups in total. The number of benzene rings is 1. The van der Waals surface area contributed by atoms with E-state index in [1.807, 2.05) is 18.2 Å². The van der Waals surface area contributed by atoms with Crippen LogP contribution in [0.2, 0.25) is 5.02 Å². The van der Waals surface area contributed by atoms with Gasteiger partial charge in [-0.3, -0.25) is 9.69 Å². The van der Waals surface area contributed by atoms with Crippen LogP contribution in [0.1, 0.15) is 16.4 Å². The minimum atomic E-state index is -0.247. The fourth-order valence-corrected chi connectivity index (χ4v) is 3.06. The van der Waals surface area contributed by atoms with Crippen molar-refractivity contribution in [3.8, 4) is 0 Å². The highest BCUT2D eigenvalue weighted by atomic mass is 35.5. The second kappa shape index (κ2) is 9.02. The van der Waals surface area contributed by atoms with Gasteiger partial charge in [0.05, 0.1) is 13.2 Å². The molecule has 0 radical (unpaired) electrons. The number of methoxy groups -OCH3 is 1. The monoisotopic (exact) mass is 378 g/mol. The molecule has 0 spiro atoms. The number of ether oxygens (including phenoxy) is 1. The van der Waals surface area contributed by atoms with Crippen molar-refractivity contribution in [3.63, 3.8) is 0 Å². The van der Waals surface area contributed by atoms with Crippen LogP contribution in [0.4, 0.5) is 5.69 Å². The third-order valence-corrected chi connectivity index (χ3v) is 4.52. The van der Waals surface area contributed by atoms with E-state index in [4.69, 9.17) is 20.8 Å². The van der Waals surface area contributed by atoms with Crippen LogP contribution < -0.4 is 10.2 Å². The number of nitrogens with one attached hydrogen (secondary N) is 1. The number of anilines is 1. The van der Waals surface area contributed by atoms with Gasteiger partial charge in [-0.15, -0.1) is 0 Å². The normalized spacial score (nSPS) is 15.2. The molecule has 0 aliphatic carbocycles. The van der Waals surface area contributed by atoms with Crippen molar-refractivity contribution in [1.29, 1.82) is 0 Å². The molecule has 0 atom stereocenters. The number of rotatable bonds is 7. The molecule has 3 rings (SSSR count). The molecule has 2 aromatic rings. The molecular formula is C18H23ClN4O3. The molecule has 1 aliphatic heterocycles. The van der Waals surface area contributed by atoms with Crippen molar-refractivity contribution in [2.45, 2.75) is 6.54 Å². The number of halogens is 1. The van der Waals surface area contributed by atoms with E-state index in [-0.39, 0.29) is 5.91 Å². The minimum Gasteiger partial charge on any atom is -0.447 e. The maximum absolute atomic E-state index is 11.9. The van der Waals surface area contributed by atoms with Gasteiger partial charge in [0.1, 0.15) is 6.26 Å². The molecule has 140 valence electrons. The van der Waals surface area contributed by atoms with E-state index in [0.29, 0.717) is 31.3 Å². The predicted octanol–water partition coefficient (Wildman–Crippen LogP) is 2.03. The Labute approximate surface area is 157 Å². The smallest absolute Gasteiger partial charge is 0.273 e. The molecule has 26 heavy (non-hydrogen) atoms. The molecule has 1 aliphatic rings. The van der Waals surface area contributed by atoms with Crippen LogP contribution in [-0.4, -0.2) is 62.2 Å². The molecule has 0 unspecified atom stereocenters. The average molecular weight is 379 g/mol. The van der Waals surface area contributed by atoms with Gasteiger partial charge in [-0.05, 0) is 18.2 Å². The van der Waals surface area contributed by atoms with Crippen LogP contribution in [0.15, 0.2) is 34.9 Å². The summed E-state index contributed by atoms with van der Waals surface area (Å²) >= 11 is 6.07. The van der Waals surface area contributed by atoms with Crippen LogP contribution in [0.3, 0.4) is 0 Å². The first-order valence-electron chi connectivity index (χ1n) is 8.60. The summed E-state index contributed by atoms with van der Waals surface area (Å²) in [6.45, 7) is 5.11. The van der Waals surface area contributed by atoms with E-state index >= 15 is 0 Å². The van der Waals surface area contributed by atoms with Crippen molar-refractivity contribution in [1.82, 2.24) is 15.2 Å². The average Bonchev–Trinajstić information content (AvgIpc) is 3.11. The zero-order chi connectivity index (χ0) is 18.4. The van der Waals surface area contributed by atoms with Gasteiger partial charge < -0.3 is 19.4 Å². The summed E-state index contributed by atoms with van der Waals surface area (Å²) in [5.74, 6) is 0.306. The Morgan fingerprint density at radius 3 is 2.88 bits per heavy atom. The Kier molecular flexibility index (Phi) is 6.49. The maximum atomic E-state index is 11.9. The van der Waals surface area contributed by atoms with E-state index in [0.717, 1.165) is 36.9 Å².